The number of nitrogens with two attached hydrogens (primary N) is 1. The zero-order chi connectivity index (χ0) is 13.3. The van der Waals surface area contributed by atoms with Gasteiger partial charge in [0, 0.05) is 6.54 Å². The predicted molar refractivity (Wildman–Crippen MR) is 70.5 cm³/mol. The molecule has 0 fully saturated rings. The molecule has 7 heteroatoms. The summed E-state index contributed by atoms with van der Waals surface area (Å²) in [6, 6.07) is 4.68. The molecule has 2 aromatic rings. The topological polar surface area (TPSA) is 101 Å². The second-order valence-corrected chi connectivity index (χ2v) is 6.31. The van der Waals surface area contributed by atoms with E-state index in [4.69, 9.17) is 5.73 Å². The molecule has 4 N–H and O–H groups in total. The lowest BCUT2D eigenvalue weighted by molar-refractivity contribution is 0.560. The van der Waals surface area contributed by atoms with Crippen molar-refractivity contribution in [3.63, 3.8) is 0 Å². The fourth-order valence-electron chi connectivity index (χ4n) is 1.54. The minimum atomic E-state index is -3.48. The number of nitrogens with one attached hydrogen (secondary N) is 2. The Hall–Kier alpha value is -1.60. The number of rotatable bonds is 4. The van der Waals surface area contributed by atoms with Gasteiger partial charge in [-0.15, -0.1) is 0 Å². The SMILES string of the molecule is CC(C)CNS(=O)(=O)c1ccc2nc(N)[nH]c2c1. The monoisotopic (exact) mass is 268 g/mol. The van der Waals surface area contributed by atoms with E-state index in [-0.39, 0.29) is 16.8 Å². The summed E-state index contributed by atoms with van der Waals surface area (Å²) >= 11 is 0. The highest BCUT2D eigenvalue weighted by Crippen LogP contribution is 2.18. The number of sulfonamides is 1. The van der Waals surface area contributed by atoms with E-state index >= 15 is 0 Å². The van der Waals surface area contributed by atoms with Gasteiger partial charge in [-0.05, 0) is 24.1 Å². The summed E-state index contributed by atoms with van der Waals surface area (Å²) < 4.78 is 26.6. The van der Waals surface area contributed by atoms with Crippen LogP contribution in [0.25, 0.3) is 11.0 Å². The van der Waals surface area contributed by atoms with Crippen LogP contribution in [0.1, 0.15) is 13.8 Å². The molecule has 0 spiro atoms. The molecule has 2 rings (SSSR count). The highest BCUT2D eigenvalue weighted by molar-refractivity contribution is 7.89. The number of nitrogens with zero attached hydrogens (tertiary/aromatic N) is 1. The number of hydrogen-bond donors (Lipinski definition) is 3. The van der Waals surface area contributed by atoms with E-state index in [1.54, 1.807) is 6.07 Å². The average Bonchev–Trinajstić information content (AvgIpc) is 2.65. The number of benzene rings is 1. The van der Waals surface area contributed by atoms with Gasteiger partial charge in [-0.2, -0.15) is 0 Å². The third-order valence-corrected chi connectivity index (χ3v) is 3.88. The lowest BCUT2D eigenvalue weighted by Crippen LogP contribution is -2.27. The van der Waals surface area contributed by atoms with Crippen molar-refractivity contribution < 1.29 is 8.42 Å². The summed E-state index contributed by atoms with van der Waals surface area (Å²) in [7, 11) is -3.48. The summed E-state index contributed by atoms with van der Waals surface area (Å²) in [5.41, 5.74) is 6.78. The Balaban J connectivity index is 2.35. The maximum Gasteiger partial charge on any atom is 0.240 e. The number of aromatic amines is 1. The first kappa shape index (κ1) is 12.8. The summed E-state index contributed by atoms with van der Waals surface area (Å²) in [6.07, 6.45) is 0. The third-order valence-electron chi connectivity index (χ3n) is 2.46. The fourth-order valence-corrected chi connectivity index (χ4v) is 2.77. The van der Waals surface area contributed by atoms with Crippen molar-refractivity contribution >= 4 is 27.0 Å². The van der Waals surface area contributed by atoms with E-state index in [0.717, 1.165) is 0 Å². The first-order valence-corrected chi connectivity index (χ1v) is 7.12. The molecule has 0 saturated heterocycles. The van der Waals surface area contributed by atoms with E-state index in [1.165, 1.54) is 12.1 Å². The predicted octanol–water partition coefficient (Wildman–Crippen LogP) is 1.08. The molecule has 1 heterocycles. The van der Waals surface area contributed by atoms with Crippen molar-refractivity contribution in [1.82, 2.24) is 14.7 Å². The molecule has 0 amide bonds. The minimum Gasteiger partial charge on any atom is -0.369 e. The molecule has 1 aromatic heterocycles. The van der Waals surface area contributed by atoms with Crippen LogP contribution in [0, 0.1) is 5.92 Å². The van der Waals surface area contributed by atoms with Gasteiger partial charge in [0.25, 0.3) is 0 Å². The van der Waals surface area contributed by atoms with Gasteiger partial charge in [0.1, 0.15) is 0 Å². The smallest absolute Gasteiger partial charge is 0.240 e. The van der Waals surface area contributed by atoms with Crippen LogP contribution in [0.4, 0.5) is 5.95 Å². The van der Waals surface area contributed by atoms with Crippen molar-refractivity contribution in [1.29, 1.82) is 0 Å². The second kappa shape index (κ2) is 4.58. The van der Waals surface area contributed by atoms with Crippen LogP contribution in [0.3, 0.4) is 0 Å². The maximum atomic E-state index is 12.0. The Kier molecular flexibility index (Phi) is 3.27. The second-order valence-electron chi connectivity index (χ2n) is 4.55. The summed E-state index contributed by atoms with van der Waals surface area (Å²) in [4.78, 5) is 7.04. The number of hydrogen-bond acceptors (Lipinski definition) is 4. The lowest BCUT2D eigenvalue weighted by atomic mass is 10.2. The number of H-pyrrole nitrogens is 1. The van der Waals surface area contributed by atoms with Gasteiger partial charge in [0.05, 0.1) is 15.9 Å². The Morgan fingerprint density at radius 2 is 2.17 bits per heavy atom. The minimum absolute atomic E-state index is 0.208. The summed E-state index contributed by atoms with van der Waals surface area (Å²) in [6.45, 7) is 4.30. The van der Waals surface area contributed by atoms with E-state index in [0.29, 0.717) is 17.6 Å². The number of nitrogen functional groups attached to an aromatic ring is 1. The van der Waals surface area contributed by atoms with E-state index in [9.17, 15) is 8.42 Å². The van der Waals surface area contributed by atoms with Crippen molar-refractivity contribution in [3.8, 4) is 0 Å². The molecule has 18 heavy (non-hydrogen) atoms. The zero-order valence-electron chi connectivity index (χ0n) is 10.3. The molecular formula is C11H16N4O2S. The van der Waals surface area contributed by atoms with Crippen LogP contribution in [-0.4, -0.2) is 24.9 Å². The molecule has 0 radical (unpaired) electrons. The summed E-state index contributed by atoms with van der Waals surface area (Å²) in [5, 5.41) is 0. The van der Waals surface area contributed by atoms with Crippen LogP contribution in [0.5, 0.6) is 0 Å². The molecule has 1 aromatic carbocycles. The molecule has 0 unspecified atom stereocenters. The van der Waals surface area contributed by atoms with Crippen molar-refractivity contribution in [2.24, 2.45) is 5.92 Å². The van der Waals surface area contributed by atoms with Gasteiger partial charge in [-0.1, -0.05) is 13.8 Å². The average molecular weight is 268 g/mol. The molecule has 0 bridgehead atoms. The number of imidazole rings is 1. The Morgan fingerprint density at radius 1 is 1.44 bits per heavy atom. The highest BCUT2D eigenvalue weighted by atomic mass is 32.2. The van der Waals surface area contributed by atoms with Gasteiger partial charge in [-0.3, -0.25) is 0 Å². The van der Waals surface area contributed by atoms with Crippen molar-refractivity contribution in [2.75, 3.05) is 12.3 Å². The number of anilines is 1. The standard InChI is InChI=1S/C11H16N4O2S/c1-7(2)6-13-18(16,17)8-3-4-9-10(5-8)15-11(12)14-9/h3-5,7,13H,6H2,1-2H3,(H3,12,14,15). The van der Waals surface area contributed by atoms with Gasteiger partial charge in [0.15, 0.2) is 5.95 Å². The lowest BCUT2D eigenvalue weighted by Gasteiger charge is -2.08. The largest absolute Gasteiger partial charge is 0.369 e. The summed E-state index contributed by atoms with van der Waals surface area (Å²) in [5.74, 6) is 0.529. The molecule has 98 valence electrons. The molecule has 0 aliphatic heterocycles. The fraction of sp³-hybridized carbons (Fsp3) is 0.364. The third kappa shape index (κ3) is 2.62. The zero-order valence-corrected chi connectivity index (χ0v) is 11.1. The van der Waals surface area contributed by atoms with Crippen molar-refractivity contribution in [3.05, 3.63) is 18.2 Å². The van der Waals surface area contributed by atoms with Crippen LogP contribution in [-0.2, 0) is 10.0 Å². The molecule has 6 nitrogen and oxygen atoms in total. The number of fused-ring (bicyclic) bond motifs is 1. The Bertz CT molecular complexity index is 661. The molecular weight excluding hydrogens is 252 g/mol. The Labute approximate surface area is 106 Å². The first-order chi connectivity index (χ1) is 8.38. The highest BCUT2D eigenvalue weighted by Gasteiger charge is 2.15. The maximum absolute atomic E-state index is 12.0. The Morgan fingerprint density at radius 3 is 2.83 bits per heavy atom. The van der Waals surface area contributed by atoms with E-state index < -0.39 is 10.0 Å². The molecule has 0 saturated carbocycles. The van der Waals surface area contributed by atoms with Crippen LogP contribution < -0.4 is 10.5 Å². The van der Waals surface area contributed by atoms with Gasteiger partial charge in [-0.25, -0.2) is 18.1 Å². The van der Waals surface area contributed by atoms with Crippen LogP contribution in [0.2, 0.25) is 0 Å². The van der Waals surface area contributed by atoms with E-state index in [1.807, 2.05) is 13.8 Å². The van der Waals surface area contributed by atoms with Crippen molar-refractivity contribution in [2.45, 2.75) is 18.7 Å². The van der Waals surface area contributed by atoms with Crippen LogP contribution >= 0.6 is 0 Å². The first-order valence-electron chi connectivity index (χ1n) is 5.63. The number of aromatic nitrogens is 2. The molecule has 0 aliphatic rings. The molecule has 0 atom stereocenters. The van der Waals surface area contributed by atoms with E-state index in [2.05, 4.69) is 14.7 Å². The van der Waals surface area contributed by atoms with Gasteiger partial charge in [0.2, 0.25) is 10.0 Å². The van der Waals surface area contributed by atoms with Gasteiger partial charge >= 0.3 is 0 Å². The van der Waals surface area contributed by atoms with Gasteiger partial charge < -0.3 is 10.7 Å². The molecule has 0 aliphatic carbocycles. The van der Waals surface area contributed by atoms with Crippen LogP contribution in [0.15, 0.2) is 23.1 Å². The quantitative estimate of drug-likeness (QED) is 0.772. The normalized spacial score (nSPS) is 12.4.